The molecule has 0 radical (unpaired) electrons. The maximum atomic E-state index is 13.2. The lowest BCUT2D eigenvalue weighted by Gasteiger charge is -2.14. The first-order valence-corrected chi connectivity index (χ1v) is 10.3. The number of halogens is 1. The van der Waals surface area contributed by atoms with E-state index < -0.39 is 0 Å². The zero-order chi connectivity index (χ0) is 18.9. The van der Waals surface area contributed by atoms with E-state index in [9.17, 15) is 4.39 Å². The number of hydrogen-bond acceptors (Lipinski definition) is 4. The Balaban J connectivity index is 1.54. The molecule has 2 N–H and O–H groups in total. The van der Waals surface area contributed by atoms with Crippen molar-refractivity contribution in [1.82, 2.24) is 15.6 Å². The maximum absolute atomic E-state index is 13.2. The molecule has 0 bridgehead atoms. The van der Waals surface area contributed by atoms with E-state index in [0.717, 1.165) is 24.6 Å². The molecule has 2 aromatic rings. The average molecular weight is 389 g/mol. The molecule has 144 valence electrons. The molecular weight excluding hydrogens is 363 g/mol. The van der Waals surface area contributed by atoms with Crippen LogP contribution >= 0.6 is 11.8 Å². The molecule has 1 unspecified atom stereocenters. The summed E-state index contributed by atoms with van der Waals surface area (Å²) in [7, 11) is 0. The third kappa shape index (κ3) is 6.43. The number of aromatic nitrogens is 1. The van der Waals surface area contributed by atoms with Crippen molar-refractivity contribution in [3.63, 3.8) is 0 Å². The molecule has 1 aromatic carbocycles. The molecule has 2 heterocycles. The molecular formula is C20H25FN4OS. The van der Waals surface area contributed by atoms with Crippen LogP contribution in [0, 0.1) is 5.82 Å². The van der Waals surface area contributed by atoms with Crippen LogP contribution in [0.15, 0.2) is 47.6 Å². The fourth-order valence-electron chi connectivity index (χ4n) is 2.74. The van der Waals surface area contributed by atoms with Crippen LogP contribution in [0.2, 0.25) is 0 Å². The summed E-state index contributed by atoms with van der Waals surface area (Å²) >= 11 is 2.03. The Labute approximate surface area is 163 Å². The molecule has 5 nitrogen and oxygen atoms in total. The van der Waals surface area contributed by atoms with Crippen LogP contribution in [0.5, 0.6) is 11.6 Å². The fraction of sp³-hybridized carbons (Fsp3) is 0.400. The van der Waals surface area contributed by atoms with Gasteiger partial charge in [-0.25, -0.2) is 14.4 Å². The van der Waals surface area contributed by atoms with Crippen molar-refractivity contribution in [3.05, 3.63) is 54.0 Å². The Hall–Kier alpha value is -2.28. The first-order valence-electron chi connectivity index (χ1n) is 9.25. The van der Waals surface area contributed by atoms with Gasteiger partial charge in [0.2, 0.25) is 5.88 Å². The highest BCUT2D eigenvalue weighted by atomic mass is 32.2. The first kappa shape index (κ1) is 19.5. The predicted molar refractivity (Wildman–Crippen MR) is 109 cm³/mol. The van der Waals surface area contributed by atoms with Crippen LogP contribution in [-0.2, 0) is 6.54 Å². The number of hydrogen-bond donors (Lipinski definition) is 2. The number of benzene rings is 1. The second kappa shape index (κ2) is 10.2. The zero-order valence-electron chi connectivity index (χ0n) is 15.5. The third-order valence-electron chi connectivity index (χ3n) is 4.10. The Kier molecular flexibility index (Phi) is 7.33. The third-order valence-corrected chi connectivity index (χ3v) is 5.50. The highest BCUT2D eigenvalue weighted by molar-refractivity contribution is 8.00. The molecule has 1 aromatic heterocycles. The predicted octanol–water partition coefficient (Wildman–Crippen LogP) is 3.96. The molecule has 1 aliphatic heterocycles. The summed E-state index contributed by atoms with van der Waals surface area (Å²) in [6.07, 6.45) is 4.31. The molecule has 0 saturated carbocycles. The normalized spacial score (nSPS) is 17.0. The monoisotopic (exact) mass is 388 g/mol. The Morgan fingerprint density at radius 2 is 2.26 bits per heavy atom. The first-order chi connectivity index (χ1) is 13.2. The van der Waals surface area contributed by atoms with Gasteiger partial charge in [-0.15, -0.1) is 0 Å². The minimum Gasteiger partial charge on any atom is -0.439 e. The number of thioether (sulfide) groups is 1. The lowest BCUT2D eigenvalue weighted by molar-refractivity contribution is 0.457. The van der Waals surface area contributed by atoms with Crippen LogP contribution in [0.3, 0.4) is 0 Å². The van der Waals surface area contributed by atoms with Gasteiger partial charge < -0.3 is 15.4 Å². The Morgan fingerprint density at radius 1 is 1.33 bits per heavy atom. The summed E-state index contributed by atoms with van der Waals surface area (Å²) in [5, 5.41) is 7.37. The fourth-order valence-corrected chi connectivity index (χ4v) is 3.95. The van der Waals surface area contributed by atoms with Crippen molar-refractivity contribution >= 4 is 17.7 Å². The van der Waals surface area contributed by atoms with Crippen molar-refractivity contribution in [3.8, 4) is 11.6 Å². The maximum Gasteiger partial charge on any atom is 0.219 e. The summed E-state index contributed by atoms with van der Waals surface area (Å²) in [5.74, 6) is 2.60. The number of rotatable bonds is 7. The van der Waals surface area contributed by atoms with Gasteiger partial charge in [0.15, 0.2) is 5.96 Å². The molecule has 7 heteroatoms. The quantitative estimate of drug-likeness (QED) is 0.555. The molecule has 0 spiro atoms. The number of aliphatic imine (C=N–C) groups is 1. The largest absolute Gasteiger partial charge is 0.439 e. The Bertz CT molecular complexity index is 748. The summed E-state index contributed by atoms with van der Waals surface area (Å²) in [6.45, 7) is 4.35. The average Bonchev–Trinajstić information content (AvgIpc) is 3.19. The van der Waals surface area contributed by atoms with Gasteiger partial charge in [-0.05, 0) is 43.2 Å². The van der Waals surface area contributed by atoms with E-state index in [0.29, 0.717) is 23.4 Å². The van der Waals surface area contributed by atoms with Gasteiger partial charge in [-0.3, -0.25) is 0 Å². The van der Waals surface area contributed by atoms with E-state index >= 15 is 0 Å². The molecule has 1 saturated heterocycles. The lowest BCUT2D eigenvalue weighted by atomic mass is 10.2. The molecule has 1 fully saturated rings. The van der Waals surface area contributed by atoms with Crippen LogP contribution in [0.1, 0.15) is 25.3 Å². The standard InChI is InChI=1S/C20H25FN4OS/c1-2-22-20(25-14-18-7-4-10-27-18)24-13-15-8-9-19(23-12-15)26-17-6-3-5-16(21)11-17/h3,5-6,8-9,11-12,18H,2,4,7,10,13-14H2,1H3,(H2,22,24,25). The molecule has 0 aliphatic carbocycles. The van der Waals surface area contributed by atoms with Crippen molar-refractivity contribution < 1.29 is 9.13 Å². The van der Waals surface area contributed by atoms with Crippen molar-refractivity contribution in [2.24, 2.45) is 4.99 Å². The van der Waals surface area contributed by atoms with E-state index in [1.807, 2.05) is 17.8 Å². The molecule has 1 atom stereocenters. The summed E-state index contributed by atoms with van der Waals surface area (Å²) in [4.78, 5) is 8.90. The summed E-state index contributed by atoms with van der Waals surface area (Å²) in [6, 6.07) is 9.69. The molecule has 3 rings (SSSR count). The number of pyridine rings is 1. The minimum atomic E-state index is -0.335. The van der Waals surface area contributed by atoms with E-state index in [1.165, 1.54) is 30.7 Å². The van der Waals surface area contributed by atoms with Crippen molar-refractivity contribution in [1.29, 1.82) is 0 Å². The zero-order valence-corrected chi connectivity index (χ0v) is 16.3. The minimum absolute atomic E-state index is 0.335. The number of nitrogens with one attached hydrogen (secondary N) is 2. The van der Waals surface area contributed by atoms with E-state index in [-0.39, 0.29) is 5.82 Å². The van der Waals surface area contributed by atoms with Gasteiger partial charge in [0.05, 0.1) is 6.54 Å². The Morgan fingerprint density at radius 3 is 2.96 bits per heavy atom. The van der Waals surface area contributed by atoms with Gasteiger partial charge >= 0.3 is 0 Å². The van der Waals surface area contributed by atoms with E-state index in [1.54, 1.807) is 24.4 Å². The van der Waals surface area contributed by atoms with Gasteiger partial charge in [0.1, 0.15) is 11.6 Å². The highest BCUT2D eigenvalue weighted by Gasteiger charge is 2.15. The van der Waals surface area contributed by atoms with Crippen molar-refractivity contribution in [2.75, 3.05) is 18.8 Å². The number of guanidine groups is 1. The van der Waals surface area contributed by atoms with E-state index in [4.69, 9.17) is 4.74 Å². The number of nitrogens with zero attached hydrogens (tertiary/aromatic N) is 2. The van der Waals surface area contributed by atoms with Crippen LogP contribution in [0.25, 0.3) is 0 Å². The number of ether oxygens (including phenoxy) is 1. The molecule has 27 heavy (non-hydrogen) atoms. The second-order valence-corrected chi connectivity index (χ2v) is 7.68. The molecule has 1 aliphatic rings. The lowest BCUT2D eigenvalue weighted by Crippen LogP contribution is -2.40. The van der Waals surface area contributed by atoms with Crippen LogP contribution in [0.4, 0.5) is 4.39 Å². The second-order valence-electron chi connectivity index (χ2n) is 6.28. The smallest absolute Gasteiger partial charge is 0.219 e. The highest BCUT2D eigenvalue weighted by Crippen LogP contribution is 2.25. The van der Waals surface area contributed by atoms with E-state index in [2.05, 4.69) is 27.5 Å². The SMILES string of the molecule is CCNC(=NCc1ccc(Oc2cccc(F)c2)nc1)NCC1CCCS1. The van der Waals surface area contributed by atoms with Gasteiger partial charge in [-0.2, -0.15) is 11.8 Å². The van der Waals surface area contributed by atoms with Crippen molar-refractivity contribution in [2.45, 2.75) is 31.6 Å². The van der Waals surface area contributed by atoms with Gasteiger partial charge in [-0.1, -0.05) is 12.1 Å². The van der Waals surface area contributed by atoms with Crippen LogP contribution in [-0.4, -0.2) is 35.0 Å². The molecule has 0 amide bonds. The van der Waals surface area contributed by atoms with Gasteiger partial charge in [0, 0.05) is 36.7 Å². The topological polar surface area (TPSA) is 58.5 Å². The van der Waals surface area contributed by atoms with Gasteiger partial charge in [0.25, 0.3) is 0 Å². The summed E-state index contributed by atoms with van der Waals surface area (Å²) in [5.41, 5.74) is 0.981. The van der Waals surface area contributed by atoms with Crippen LogP contribution < -0.4 is 15.4 Å². The summed E-state index contributed by atoms with van der Waals surface area (Å²) < 4.78 is 18.8.